The molecule has 1 unspecified atom stereocenters. The molecule has 2 N–H and O–H groups in total. The molecule has 2 amide bonds. The van der Waals surface area contributed by atoms with Crippen LogP contribution in [0.15, 0.2) is 24.3 Å². The van der Waals surface area contributed by atoms with Crippen LogP contribution in [0.25, 0.3) is 0 Å². The Hall–Kier alpha value is -2.37. The molecule has 1 heterocycles. The minimum Gasteiger partial charge on any atom is -0.481 e. The molecule has 0 spiro atoms. The Balaban J connectivity index is 2.05. The molecular weight excluding hydrogens is 284 g/mol. The van der Waals surface area contributed by atoms with Crippen LogP contribution < -0.4 is 5.32 Å². The van der Waals surface area contributed by atoms with Crippen LogP contribution in [-0.4, -0.2) is 40.9 Å². The molecule has 1 aromatic rings. The number of para-hydroxylation sites is 1. The number of carbonyl (C=O) groups is 3. The molecule has 1 aliphatic heterocycles. The van der Waals surface area contributed by atoms with Crippen molar-refractivity contribution in [1.29, 1.82) is 0 Å². The van der Waals surface area contributed by atoms with E-state index in [1.807, 2.05) is 0 Å². The van der Waals surface area contributed by atoms with Gasteiger partial charge in [0.1, 0.15) is 0 Å². The van der Waals surface area contributed by atoms with Crippen LogP contribution in [0.1, 0.15) is 25.3 Å². The van der Waals surface area contributed by atoms with E-state index in [0.29, 0.717) is 24.3 Å². The summed E-state index contributed by atoms with van der Waals surface area (Å²) in [4.78, 5) is 36.4. The van der Waals surface area contributed by atoms with Gasteiger partial charge in [-0.3, -0.25) is 14.4 Å². The lowest BCUT2D eigenvalue weighted by atomic mass is 9.96. The average molecular weight is 304 g/mol. The van der Waals surface area contributed by atoms with E-state index in [9.17, 15) is 14.4 Å². The lowest BCUT2D eigenvalue weighted by Gasteiger charge is -2.31. The molecular formula is C16H20N2O4. The van der Waals surface area contributed by atoms with Crippen molar-refractivity contribution in [1.82, 2.24) is 4.90 Å². The molecule has 0 radical (unpaired) electrons. The number of anilines is 1. The van der Waals surface area contributed by atoms with E-state index < -0.39 is 5.97 Å². The number of hydrogen-bond acceptors (Lipinski definition) is 3. The number of amides is 2. The van der Waals surface area contributed by atoms with Crippen LogP contribution in [-0.2, 0) is 20.8 Å². The van der Waals surface area contributed by atoms with Crippen molar-refractivity contribution >= 4 is 23.5 Å². The standard InChI is InChI=1S/C16H20N2O4/c1-11(19)18-8-4-6-13(10-18)16(22)17-14-7-3-2-5-12(14)9-15(20)21/h2-3,5,7,13H,4,6,8-10H2,1H3,(H,17,22)(H,20,21). The fraction of sp³-hybridized carbons (Fsp3) is 0.438. The zero-order chi connectivity index (χ0) is 16.1. The number of rotatable bonds is 4. The molecule has 0 saturated carbocycles. The third kappa shape index (κ3) is 4.07. The number of carbonyl (C=O) groups excluding carboxylic acids is 2. The van der Waals surface area contributed by atoms with Gasteiger partial charge in [-0.25, -0.2) is 0 Å². The van der Waals surface area contributed by atoms with Crippen molar-refractivity contribution in [3.63, 3.8) is 0 Å². The van der Waals surface area contributed by atoms with Crippen molar-refractivity contribution in [3.05, 3.63) is 29.8 Å². The summed E-state index contributed by atoms with van der Waals surface area (Å²) in [5, 5.41) is 11.7. The molecule has 118 valence electrons. The van der Waals surface area contributed by atoms with Gasteiger partial charge in [0.05, 0.1) is 12.3 Å². The number of hydrogen-bond donors (Lipinski definition) is 2. The molecule has 0 aromatic heterocycles. The van der Waals surface area contributed by atoms with E-state index in [0.717, 1.165) is 12.8 Å². The largest absolute Gasteiger partial charge is 0.481 e. The number of aliphatic carboxylic acids is 1. The minimum atomic E-state index is -0.942. The molecule has 1 atom stereocenters. The van der Waals surface area contributed by atoms with Gasteiger partial charge >= 0.3 is 5.97 Å². The van der Waals surface area contributed by atoms with E-state index in [2.05, 4.69) is 5.32 Å². The van der Waals surface area contributed by atoms with Crippen molar-refractivity contribution in [3.8, 4) is 0 Å². The third-order valence-electron chi connectivity index (χ3n) is 3.85. The van der Waals surface area contributed by atoms with Crippen LogP contribution in [0, 0.1) is 5.92 Å². The summed E-state index contributed by atoms with van der Waals surface area (Å²) in [7, 11) is 0. The average Bonchev–Trinajstić information content (AvgIpc) is 2.49. The molecule has 22 heavy (non-hydrogen) atoms. The Morgan fingerprint density at radius 3 is 2.73 bits per heavy atom. The van der Waals surface area contributed by atoms with Gasteiger partial charge in [-0.1, -0.05) is 18.2 Å². The number of carboxylic acid groups (broad SMARTS) is 1. The van der Waals surface area contributed by atoms with Gasteiger partial charge < -0.3 is 15.3 Å². The van der Waals surface area contributed by atoms with Crippen LogP contribution in [0.5, 0.6) is 0 Å². The molecule has 0 bridgehead atoms. The van der Waals surface area contributed by atoms with Gasteiger partial charge in [0, 0.05) is 25.7 Å². The highest BCUT2D eigenvalue weighted by Crippen LogP contribution is 2.21. The Morgan fingerprint density at radius 2 is 2.05 bits per heavy atom. The quantitative estimate of drug-likeness (QED) is 0.882. The van der Waals surface area contributed by atoms with E-state index in [1.165, 1.54) is 6.92 Å². The zero-order valence-electron chi connectivity index (χ0n) is 12.5. The van der Waals surface area contributed by atoms with E-state index in [4.69, 9.17) is 5.11 Å². The molecule has 1 fully saturated rings. The summed E-state index contributed by atoms with van der Waals surface area (Å²) >= 11 is 0. The smallest absolute Gasteiger partial charge is 0.307 e. The lowest BCUT2D eigenvalue weighted by Crippen LogP contribution is -2.42. The second-order valence-corrected chi connectivity index (χ2v) is 5.52. The predicted molar refractivity (Wildman–Crippen MR) is 81.4 cm³/mol. The molecule has 1 aliphatic rings. The van der Waals surface area contributed by atoms with Gasteiger partial charge in [-0.2, -0.15) is 0 Å². The third-order valence-corrected chi connectivity index (χ3v) is 3.85. The van der Waals surface area contributed by atoms with E-state index >= 15 is 0 Å². The number of nitrogens with one attached hydrogen (secondary N) is 1. The summed E-state index contributed by atoms with van der Waals surface area (Å²) in [5.41, 5.74) is 1.09. The van der Waals surface area contributed by atoms with Crippen LogP contribution in [0.2, 0.25) is 0 Å². The number of benzene rings is 1. The molecule has 2 rings (SSSR count). The topological polar surface area (TPSA) is 86.7 Å². The van der Waals surface area contributed by atoms with Crippen LogP contribution in [0.3, 0.4) is 0 Å². The lowest BCUT2D eigenvalue weighted by molar-refractivity contribution is -0.136. The van der Waals surface area contributed by atoms with Crippen molar-refractivity contribution in [2.24, 2.45) is 5.92 Å². The Labute approximate surface area is 129 Å². The summed E-state index contributed by atoms with van der Waals surface area (Å²) in [6, 6.07) is 6.88. The SMILES string of the molecule is CC(=O)N1CCCC(C(=O)Nc2ccccc2CC(=O)O)C1. The summed E-state index contributed by atoms with van der Waals surface area (Å²) < 4.78 is 0. The van der Waals surface area contributed by atoms with Gasteiger partial charge in [0.15, 0.2) is 0 Å². The fourth-order valence-electron chi connectivity index (χ4n) is 2.67. The first-order valence-electron chi connectivity index (χ1n) is 7.33. The van der Waals surface area contributed by atoms with Gasteiger partial charge in [-0.05, 0) is 24.5 Å². The van der Waals surface area contributed by atoms with Crippen LogP contribution >= 0.6 is 0 Å². The number of likely N-dealkylation sites (tertiary alicyclic amines) is 1. The summed E-state index contributed by atoms with van der Waals surface area (Å²) in [5.74, 6) is -1.38. The van der Waals surface area contributed by atoms with Gasteiger partial charge in [0.25, 0.3) is 0 Å². The Morgan fingerprint density at radius 1 is 1.32 bits per heavy atom. The fourth-order valence-corrected chi connectivity index (χ4v) is 2.67. The number of nitrogens with zero attached hydrogens (tertiary/aromatic N) is 1. The Bertz CT molecular complexity index is 585. The van der Waals surface area contributed by atoms with Crippen molar-refractivity contribution < 1.29 is 19.5 Å². The second-order valence-electron chi connectivity index (χ2n) is 5.52. The molecule has 1 saturated heterocycles. The predicted octanol–water partition coefficient (Wildman–Crippen LogP) is 1.51. The van der Waals surface area contributed by atoms with E-state index in [1.54, 1.807) is 29.2 Å². The summed E-state index contributed by atoms with van der Waals surface area (Å²) in [6.07, 6.45) is 1.39. The molecule has 6 heteroatoms. The maximum Gasteiger partial charge on any atom is 0.307 e. The minimum absolute atomic E-state index is 0.0243. The summed E-state index contributed by atoms with van der Waals surface area (Å²) in [6.45, 7) is 2.61. The zero-order valence-corrected chi connectivity index (χ0v) is 12.5. The maximum atomic E-state index is 12.4. The highest BCUT2D eigenvalue weighted by molar-refractivity contribution is 5.94. The van der Waals surface area contributed by atoms with Crippen molar-refractivity contribution in [2.45, 2.75) is 26.2 Å². The van der Waals surface area contributed by atoms with Gasteiger partial charge in [-0.15, -0.1) is 0 Å². The highest BCUT2D eigenvalue weighted by atomic mass is 16.4. The number of piperidine rings is 1. The highest BCUT2D eigenvalue weighted by Gasteiger charge is 2.27. The maximum absolute atomic E-state index is 12.4. The Kier molecular flexibility index (Phi) is 5.14. The normalized spacial score (nSPS) is 17.9. The second kappa shape index (κ2) is 7.06. The first kappa shape index (κ1) is 16.0. The number of carboxylic acids is 1. The molecule has 0 aliphatic carbocycles. The van der Waals surface area contributed by atoms with Crippen molar-refractivity contribution in [2.75, 3.05) is 18.4 Å². The van der Waals surface area contributed by atoms with Gasteiger partial charge in [0.2, 0.25) is 11.8 Å². The molecule has 6 nitrogen and oxygen atoms in total. The monoisotopic (exact) mass is 304 g/mol. The van der Waals surface area contributed by atoms with E-state index in [-0.39, 0.29) is 24.2 Å². The molecule has 1 aromatic carbocycles. The first-order chi connectivity index (χ1) is 10.5. The first-order valence-corrected chi connectivity index (χ1v) is 7.33. The van der Waals surface area contributed by atoms with Crippen LogP contribution in [0.4, 0.5) is 5.69 Å².